The van der Waals surface area contributed by atoms with Gasteiger partial charge >= 0.3 is 0 Å². The van der Waals surface area contributed by atoms with E-state index in [9.17, 15) is 14.7 Å². The molecule has 1 amide bonds. The molecule has 0 spiro atoms. The summed E-state index contributed by atoms with van der Waals surface area (Å²) in [5.41, 5.74) is 6.63. The van der Waals surface area contributed by atoms with Gasteiger partial charge in [0.1, 0.15) is 5.75 Å². The predicted molar refractivity (Wildman–Crippen MR) is 90.1 cm³/mol. The number of hydrogen-bond acceptors (Lipinski definition) is 4. The molecule has 0 saturated carbocycles. The maximum absolute atomic E-state index is 12.6. The predicted octanol–water partition coefficient (Wildman–Crippen LogP) is 2.57. The normalized spacial score (nSPS) is 10.3. The highest BCUT2D eigenvalue weighted by molar-refractivity contribution is 6.16. The number of amides is 1. The molecule has 0 atom stereocenters. The van der Waals surface area contributed by atoms with E-state index in [-0.39, 0.29) is 22.4 Å². The maximum Gasteiger partial charge on any atom is 0.249 e. The van der Waals surface area contributed by atoms with E-state index in [0.717, 1.165) is 18.8 Å². The lowest BCUT2D eigenvalue weighted by Gasteiger charge is -2.21. The Morgan fingerprint density at radius 1 is 1.00 bits per heavy atom. The van der Waals surface area contributed by atoms with E-state index in [4.69, 9.17) is 5.73 Å². The van der Waals surface area contributed by atoms with Crippen LogP contribution in [0.15, 0.2) is 42.5 Å². The molecule has 0 aliphatic rings. The van der Waals surface area contributed by atoms with Crippen LogP contribution < -0.4 is 10.6 Å². The van der Waals surface area contributed by atoms with Crippen molar-refractivity contribution in [3.05, 3.63) is 59.2 Å². The summed E-state index contributed by atoms with van der Waals surface area (Å²) in [6.45, 7) is 5.63. The van der Waals surface area contributed by atoms with Gasteiger partial charge in [0.25, 0.3) is 0 Å². The number of ketones is 1. The van der Waals surface area contributed by atoms with Crippen molar-refractivity contribution in [3.63, 3.8) is 0 Å². The quantitative estimate of drug-likeness (QED) is 0.803. The van der Waals surface area contributed by atoms with Crippen molar-refractivity contribution in [2.45, 2.75) is 13.8 Å². The van der Waals surface area contributed by atoms with Crippen LogP contribution in [0.2, 0.25) is 0 Å². The fourth-order valence-corrected chi connectivity index (χ4v) is 2.54. The Morgan fingerprint density at radius 3 is 2.13 bits per heavy atom. The molecular weight excluding hydrogens is 292 g/mol. The maximum atomic E-state index is 12.6. The Morgan fingerprint density at radius 2 is 1.61 bits per heavy atom. The van der Waals surface area contributed by atoms with Gasteiger partial charge in [-0.2, -0.15) is 0 Å². The molecule has 0 aliphatic heterocycles. The Labute approximate surface area is 135 Å². The van der Waals surface area contributed by atoms with Gasteiger partial charge in [-0.1, -0.05) is 18.2 Å². The summed E-state index contributed by atoms with van der Waals surface area (Å²) in [5, 5.41) is 10.2. The minimum atomic E-state index is -0.673. The van der Waals surface area contributed by atoms with Crippen LogP contribution in [0.3, 0.4) is 0 Å². The van der Waals surface area contributed by atoms with E-state index < -0.39 is 11.7 Å². The van der Waals surface area contributed by atoms with Crippen LogP contribution in [0.5, 0.6) is 5.75 Å². The van der Waals surface area contributed by atoms with E-state index in [2.05, 4.69) is 4.90 Å². The van der Waals surface area contributed by atoms with Crippen LogP contribution in [-0.4, -0.2) is 29.9 Å². The van der Waals surface area contributed by atoms with Crippen molar-refractivity contribution in [2.75, 3.05) is 18.0 Å². The van der Waals surface area contributed by atoms with Crippen LogP contribution in [0.1, 0.15) is 40.1 Å². The first-order valence-electron chi connectivity index (χ1n) is 7.51. The lowest BCUT2D eigenvalue weighted by atomic mass is 9.97. The zero-order valence-electron chi connectivity index (χ0n) is 13.2. The highest BCUT2D eigenvalue weighted by Crippen LogP contribution is 2.27. The first kappa shape index (κ1) is 16.5. The first-order valence-corrected chi connectivity index (χ1v) is 7.51. The molecule has 2 aromatic rings. The number of phenolic OH excluding ortho intramolecular Hbond substituents is 1. The standard InChI is InChI=1S/C18H20N2O3/c1-3-20(4-2)12-9-10-15(16(21)11-12)17(22)13-7-5-6-8-14(13)18(19)23/h5-11,21H,3-4H2,1-2H3,(H2,19,23). The lowest BCUT2D eigenvalue weighted by Crippen LogP contribution is -2.21. The van der Waals surface area contributed by atoms with Gasteiger partial charge in [0.15, 0.2) is 5.78 Å². The highest BCUT2D eigenvalue weighted by Gasteiger charge is 2.19. The number of anilines is 1. The molecule has 0 unspecified atom stereocenters. The van der Waals surface area contributed by atoms with Gasteiger partial charge in [0.05, 0.1) is 11.1 Å². The number of carbonyl (C=O) groups is 2. The molecule has 5 heteroatoms. The van der Waals surface area contributed by atoms with Gasteiger partial charge in [-0.05, 0) is 32.0 Å². The van der Waals surface area contributed by atoms with Crippen LogP contribution in [0.25, 0.3) is 0 Å². The Balaban J connectivity index is 2.43. The fourth-order valence-electron chi connectivity index (χ4n) is 2.54. The average Bonchev–Trinajstić information content (AvgIpc) is 2.55. The third-order valence-electron chi connectivity index (χ3n) is 3.79. The van der Waals surface area contributed by atoms with E-state index >= 15 is 0 Å². The number of nitrogens with zero attached hydrogens (tertiary/aromatic N) is 1. The van der Waals surface area contributed by atoms with Crippen molar-refractivity contribution in [1.29, 1.82) is 0 Å². The minimum absolute atomic E-state index is 0.112. The summed E-state index contributed by atoms with van der Waals surface area (Å²) < 4.78 is 0. The zero-order valence-corrected chi connectivity index (χ0v) is 13.2. The number of primary amides is 1. The molecule has 0 bridgehead atoms. The molecule has 0 fully saturated rings. The molecule has 0 heterocycles. The molecule has 2 rings (SSSR count). The molecule has 23 heavy (non-hydrogen) atoms. The average molecular weight is 312 g/mol. The Kier molecular flexibility index (Phi) is 5.01. The summed E-state index contributed by atoms with van der Waals surface area (Å²) in [5.74, 6) is -1.21. The molecule has 0 aliphatic carbocycles. The number of benzene rings is 2. The van der Waals surface area contributed by atoms with Crippen LogP contribution in [0.4, 0.5) is 5.69 Å². The molecular formula is C18H20N2O3. The molecule has 3 N–H and O–H groups in total. The summed E-state index contributed by atoms with van der Waals surface area (Å²) in [4.78, 5) is 26.2. The molecule has 5 nitrogen and oxygen atoms in total. The van der Waals surface area contributed by atoms with Crippen LogP contribution in [-0.2, 0) is 0 Å². The van der Waals surface area contributed by atoms with Crippen molar-refractivity contribution in [2.24, 2.45) is 5.73 Å². The van der Waals surface area contributed by atoms with Crippen molar-refractivity contribution in [1.82, 2.24) is 0 Å². The second-order valence-electron chi connectivity index (χ2n) is 5.11. The topological polar surface area (TPSA) is 83.6 Å². The second kappa shape index (κ2) is 6.96. The van der Waals surface area contributed by atoms with Crippen LogP contribution >= 0.6 is 0 Å². The van der Waals surface area contributed by atoms with Gasteiger partial charge in [-0.25, -0.2) is 0 Å². The van der Waals surface area contributed by atoms with Crippen LogP contribution in [0, 0.1) is 0 Å². The van der Waals surface area contributed by atoms with Gasteiger partial charge in [0.2, 0.25) is 5.91 Å². The van der Waals surface area contributed by atoms with E-state index in [1.165, 1.54) is 12.1 Å². The molecule has 2 aromatic carbocycles. The van der Waals surface area contributed by atoms with E-state index in [1.807, 2.05) is 13.8 Å². The third kappa shape index (κ3) is 3.34. The lowest BCUT2D eigenvalue weighted by molar-refractivity contribution is 0.0980. The van der Waals surface area contributed by atoms with E-state index in [1.54, 1.807) is 30.3 Å². The fraction of sp³-hybridized carbons (Fsp3) is 0.222. The number of carbonyl (C=O) groups excluding carboxylic acids is 2. The summed E-state index contributed by atoms with van der Waals surface area (Å²) in [6.07, 6.45) is 0. The Hall–Kier alpha value is -2.82. The summed E-state index contributed by atoms with van der Waals surface area (Å²) >= 11 is 0. The first-order chi connectivity index (χ1) is 11.0. The highest BCUT2D eigenvalue weighted by atomic mass is 16.3. The summed E-state index contributed by atoms with van der Waals surface area (Å²) in [6, 6.07) is 11.2. The van der Waals surface area contributed by atoms with Crippen molar-refractivity contribution < 1.29 is 14.7 Å². The van der Waals surface area contributed by atoms with Crippen molar-refractivity contribution >= 4 is 17.4 Å². The van der Waals surface area contributed by atoms with Gasteiger partial charge in [-0.15, -0.1) is 0 Å². The molecule has 0 aromatic heterocycles. The number of phenols is 1. The largest absolute Gasteiger partial charge is 0.507 e. The monoisotopic (exact) mass is 312 g/mol. The second-order valence-corrected chi connectivity index (χ2v) is 5.11. The minimum Gasteiger partial charge on any atom is -0.507 e. The zero-order chi connectivity index (χ0) is 17.0. The number of nitrogens with two attached hydrogens (primary N) is 1. The number of hydrogen-bond donors (Lipinski definition) is 2. The summed E-state index contributed by atoms with van der Waals surface area (Å²) in [7, 11) is 0. The number of aromatic hydroxyl groups is 1. The smallest absolute Gasteiger partial charge is 0.249 e. The number of rotatable bonds is 6. The molecule has 0 radical (unpaired) electrons. The van der Waals surface area contributed by atoms with Gasteiger partial charge in [0, 0.05) is 30.4 Å². The Bertz CT molecular complexity index is 737. The van der Waals surface area contributed by atoms with Gasteiger partial charge < -0.3 is 15.7 Å². The van der Waals surface area contributed by atoms with E-state index in [0.29, 0.717) is 0 Å². The van der Waals surface area contributed by atoms with Gasteiger partial charge in [-0.3, -0.25) is 9.59 Å². The third-order valence-corrected chi connectivity index (χ3v) is 3.79. The van der Waals surface area contributed by atoms with Crippen molar-refractivity contribution in [3.8, 4) is 5.75 Å². The SMILES string of the molecule is CCN(CC)c1ccc(C(=O)c2ccccc2C(N)=O)c(O)c1. The molecule has 0 saturated heterocycles. The molecule has 120 valence electrons.